The van der Waals surface area contributed by atoms with E-state index in [4.69, 9.17) is 24.5 Å². The van der Waals surface area contributed by atoms with Crippen molar-refractivity contribution in [1.82, 2.24) is 45.2 Å². The van der Waals surface area contributed by atoms with E-state index >= 15 is 0 Å². The number of rotatable bonds is 19. The number of aromatic nitrogens is 6. The number of para-hydroxylation sites is 1. The quantitative estimate of drug-likeness (QED) is 0.0688. The maximum Gasteiger partial charge on any atom is 0.254 e. The van der Waals surface area contributed by atoms with Gasteiger partial charge in [0.2, 0.25) is 11.8 Å². The fraction of sp³-hybridized carbons (Fsp3) is 0.471. The lowest BCUT2D eigenvalue weighted by Gasteiger charge is -2.39. The van der Waals surface area contributed by atoms with Crippen LogP contribution < -0.4 is 15.8 Å². The zero-order chi connectivity index (χ0) is 48.9. The van der Waals surface area contributed by atoms with Crippen LogP contribution in [0.4, 0.5) is 5.82 Å². The smallest absolute Gasteiger partial charge is 0.254 e. The van der Waals surface area contributed by atoms with Crippen molar-refractivity contribution < 1.29 is 38.5 Å². The van der Waals surface area contributed by atoms with Crippen molar-refractivity contribution in [2.24, 2.45) is 5.92 Å². The van der Waals surface area contributed by atoms with E-state index in [1.165, 1.54) is 4.90 Å². The number of benzene rings is 2. The number of phenolic OH excluding ortho intramolecular Hbond substituents is 1. The first-order chi connectivity index (χ1) is 33.9. The fourth-order valence-corrected chi connectivity index (χ4v) is 10.4. The summed E-state index contributed by atoms with van der Waals surface area (Å²) in [7, 11) is 0. The molecule has 70 heavy (non-hydrogen) atoms. The number of hydrogen-bond donors (Lipinski definition) is 4. The molecule has 18 nitrogen and oxygen atoms in total. The van der Waals surface area contributed by atoms with Crippen LogP contribution in [0.2, 0.25) is 0 Å². The number of nitrogen functional groups attached to an aromatic ring is 1. The Bertz CT molecular complexity index is 2710. The van der Waals surface area contributed by atoms with Gasteiger partial charge in [0.15, 0.2) is 11.6 Å². The number of carbonyl (C=O) groups is 2. The van der Waals surface area contributed by atoms with E-state index in [0.29, 0.717) is 54.8 Å². The SMILES string of the molecule is Cc1ncsc1-c1ccc([C@H](C)NC(=O)[C@@H]2C[C@@H](O)CN2C(=O)C(c2cc(OCCN3CCC(O[C@H]4C[C@H](OCCn5cc(-c6cc(-c7ccccc7O)nnc6N)cn5)C4)CC3)no2)C(C)C)cc1. The van der Waals surface area contributed by atoms with E-state index in [0.717, 1.165) is 66.0 Å². The third-order valence-corrected chi connectivity index (χ3v) is 14.6. The molecule has 2 saturated heterocycles. The second kappa shape index (κ2) is 21.8. The topological polar surface area (TPSA) is 229 Å². The number of amides is 2. The number of nitrogens with one attached hydrogen (secondary N) is 1. The van der Waals surface area contributed by atoms with Gasteiger partial charge in [0.1, 0.15) is 24.3 Å². The Morgan fingerprint density at radius 2 is 1.73 bits per heavy atom. The highest BCUT2D eigenvalue weighted by Gasteiger charge is 2.44. The van der Waals surface area contributed by atoms with Crippen molar-refractivity contribution in [3.63, 3.8) is 0 Å². The lowest BCUT2D eigenvalue weighted by molar-refractivity contribution is -0.141. The number of aryl methyl sites for hydroxylation is 1. The zero-order valence-electron chi connectivity index (χ0n) is 40.0. The highest BCUT2D eigenvalue weighted by molar-refractivity contribution is 7.13. The maximum absolute atomic E-state index is 14.2. The van der Waals surface area contributed by atoms with Crippen LogP contribution in [0.5, 0.6) is 11.6 Å². The van der Waals surface area contributed by atoms with Gasteiger partial charge in [-0.25, -0.2) is 4.98 Å². The van der Waals surface area contributed by atoms with E-state index in [9.17, 15) is 19.8 Å². The van der Waals surface area contributed by atoms with Gasteiger partial charge in [-0.3, -0.25) is 19.2 Å². The molecule has 2 amide bonds. The number of aromatic hydroxyl groups is 1. The summed E-state index contributed by atoms with van der Waals surface area (Å²) in [5.41, 5.74) is 13.6. The number of aliphatic hydroxyl groups is 1. The number of anilines is 1. The molecule has 2 aliphatic heterocycles. The molecule has 4 atom stereocenters. The third-order valence-electron chi connectivity index (χ3n) is 13.6. The van der Waals surface area contributed by atoms with Crippen LogP contribution >= 0.6 is 11.3 Å². The molecule has 1 aliphatic carbocycles. The Balaban J connectivity index is 0.671. The van der Waals surface area contributed by atoms with E-state index in [2.05, 4.69) is 35.7 Å². The number of aliphatic hydroxyl groups excluding tert-OH is 1. The van der Waals surface area contributed by atoms with Crippen LogP contribution in [0.3, 0.4) is 0 Å². The second-order valence-electron chi connectivity index (χ2n) is 19.0. The van der Waals surface area contributed by atoms with Gasteiger partial charge in [-0.2, -0.15) is 5.10 Å². The first-order valence-corrected chi connectivity index (χ1v) is 25.1. The average Bonchev–Trinajstić information content (AvgIpc) is 4.18. The van der Waals surface area contributed by atoms with Gasteiger partial charge in [-0.1, -0.05) is 50.2 Å². The minimum absolute atomic E-state index is 0.0531. The van der Waals surface area contributed by atoms with Gasteiger partial charge < -0.3 is 44.9 Å². The molecule has 0 bridgehead atoms. The minimum Gasteiger partial charge on any atom is -0.507 e. The molecule has 3 fully saturated rings. The predicted octanol–water partition coefficient (Wildman–Crippen LogP) is 6.40. The van der Waals surface area contributed by atoms with Crippen LogP contribution in [0.1, 0.15) is 81.9 Å². The molecule has 6 aromatic rings. The Kier molecular flexibility index (Phi) is 15.2. The van der Waals surface area contributed by atoms with Crippen LogP contribution in [0, 0.1) is 12.8 Å². The number of ether oxygens (including phenoxy) is 3. The highest BCUT2D eigenvalue weighted by atomic mass is 32.1. The van der Waals surface area contributed by atoms with Crippen molar-refractivity contribution >= 4 is 29.0 Å². The summed E-state index contributed by atoms with van der Waals surface area (Å²) in [6.07, 6.45) is 7.14. The molecule has 9 rings (SSSR count). The van der Waals surface area contributed by atoms with Gasteiger partial charge in [0.25, 0.3) is 5.88 Å². The molecular formula is C51H62N10O8S. The molecule has 6 heterocycles. The van der Waals surface area contributed by atoms with Gasteiger partial charge in [-0.15, -0.1) is 21.5 Å². The number of piperidine rings is 1. The van der Waals surface area contributed by atoms with E-state index in [1.54, 1.807) is 41.8 Å². The van der Waals surface area contributed by atoms with Gasteiger partial charge in [0, 0.05) is 61.6 Å². The first kappa shape index (κ1) is 48.8. The summed E-state index contributed by atoms with van der Waals surface area (Å²) in [5.74, 6) is -0.434. The van der Waals surface area contributed by atoms with E-state index < -0.39 is 18.1 Å². The molecule has 5 N–H and O–H groups in total. The fourth-order valence-electron chi connectivity index (χ4n) is 9.58. The molecule has 19 heteroatoms. The molecule has 4 aromatic heterocycles. The molecule has 3 aliphatic rings. The number of carbonyl (C=O) groups excluding carboxylic acids is 2. The molecule has 1 saturated carbocycles. The van der Waals surface area contributed by atoms with Crippen molar-refractivity contribution in [3.8, 4) is 44.5 Å². The summed E-state index contributed by atoms with van der Waals surface area (Å²) in [5, 5.41) is 41.0. The molecule has 1 unspecified atom stereocenters. The van der Waals surface area contributed by atoms with E-state index in [1.807, 2.05) is 80.5 Å². The molecular weight excluding hydrogens is 913 g/mol. The first-order valence-electron chi connectivity index (χ1n) is 24.2. The maximum atomic E-state index is 14.2. The highest BCUT2D eigenvalue weighted by Crippen LogP contribution is 2.35. The Hall–Kier alpha value is -6.25. The number of phenols is 1. The zero-order valence-corrected chi connectivity index (χ0v) is 40.8. The van der Waals surface area contributed by atoms with Gasteiger partial charge in [-0.05, 0) is 79.9 Å². The monoisotopic (exact) mass is 974 g/mol. The summed E-state index contributed by atoms with van der Waals surface area (Å²) in [4.78, 5) is 37.2. The number of β-amino-alcohol motifs (C(OH)–C–C–N with tert-alkyl or cyclic N) is 1. The average molecular weight is 975 g/mol. The van der Waals surface area contributed by atoms with Crippen molar-refractivity contribution in [2.45, 2.75) is 109 Å². The van der Waals surface area contributed by atoms with Crippen LogP contribution in [-0.4, -0.2) is 132 Å². The predicted molar refractivity (Wildman–Crippen MR) is 263 cm³/mol. The number of thiazole rings is 1. The Morgan fingerprint density at radius 1 is 0.943 bits per heavy atom. The molecule has 0 spiro atoms. The lowest BCUT2D eigenvalue weighted by Crippen LogP contribution is -2.48. The van der Waals surface area contributed by atoms with Gasteiger partial charge in [0.05, 0.1) is 71.6 Å². The third kappa shape index (κ3) is 11.3. The van der Waals surface area contributed by atoms with E-state index in [-0.39, 0.29) is 66.6 Å². The van der Waals surface area contributed by atoms with Crippen LogP contribution in [0.25, 0.3) is 32.8 Å². The lowest BCUT2D eigenvalue weighted by atomic mass is 9.91. The minimum atomic E-state index is -0.828. The van der Waals surface area contributed by atoms with Crippen molar-refractivity contribution in [2.75, 3.05) is 45.1 Å². The number of nitrogens with two attached hydrogens (primary N) is 1. The summed E-state index contributed by atoms with van der Waals surface area (Å²) >= 11 is 1.59. The Labute approximate surface area is 411 Å². The molecule has 370 valence electrons. The number of hydrogen-bond acceptors (Lipinski definition) is 16. The van der Waals surface area contributed by atoms with Gasteiger partial charge >= 0.3 is 0 Å². The van der Waals surface area contributed by atoms with Crippen LogP contribution in [0.15, 0.2) is 83.1 Å². The number of likely N-dealkylation sites (tertiary alicyclic amines) is 2. The van der Waals surface area contributed by atoms with Crippen molar-refractivity contribution in [1.29, 1.82) is 0 Å². The summed E-state index contributed by atoms with van der Waals surface area (Å²) in [6, 6.07) is 17.3. The summed E-state index contributed by atoms with van der Waals surface area (Å²) < 4.78 is 26.1. The Morgan fingerprint density at radius 3 is 2.47 bits per heavy atom. The molecule has 2 aromatic carbocycles. The summed E-state index contributed by atoms with van der Waals surface area (Å²) in [6.45, 7) is 11.8. The van der Waals surface area contributed by atoms with Crippen molar-refractivity contribution in [3.05, 3.63) is 95.6 Å². The standard InChI is InChI=1S/C51H62N10O8S/c1-30(2)47(51(65)61-28-36(62)21-43(61)50(64)55-31(3)33-9-11-34(12-10-33)48-32(4)53-29-70-48)45-25-46(58-69-45)67-19-17-59-15-13-37(14-16-59)68-39-22-38(23-39)66-20-18-60-27-35(26-54-60)41-24-42(56-57-49(41)52)40-7-5-6-8-44(40)63/h5-12,24-27,29-31,36-39,43,47,62-63H,13-23,28H2,1-4H3,(H2,52,57)(H,55,64)/t31-,36+,38-,39-,43-,47?/m0/s1. The number of nitrogens with zero attached hydrogens (tertiary/aromatic N) is 8. The largest absolute Gasteiger partial charge is 0.507 e. The normalized spacial score (nSPS) is 20.6. The molecule has 0 radical (unpaired) electrons. The van der Waals surface area contributed by atoms with Crippen LogP contribution in [-0.2, 0) is 25.6 Å². The second-order valence-corrected chi connectivity index (χ2v) is 19.8.